The van der Waals surface area contributed by atoms with Crippen LogP contribution in [0.4, 0.5) is 0 Å². The molecule has 5 heteroatoms. The molecule has 1 heterocycles. The van der Waals surface area contributed by atoms with Crippen LogP contribution in [0.15, 0.2) is 17.9 Å². The fourth-order valence-electron chi connectivity index (χ4n) is 8.23. The molecule has 2 N–H and O–H groups in total. The highest BCUT2D eigenvalue weighted by molar-refractivity contribution is 5.50. The van der Waals surface area contributed by atoms with Crippen molar-refractivity contribution in [3.8, 4) is 0 Å². The summed E-state index contributed by atoms with van der Waals surface area (Å²) in [5, 5.41) is 22.8. The van der Waals surface area contributed by atoms with Crippen molar-refractivity contribution in [2.24, 2.45) is 52.3 Å². The number of carbonyl (C=O) groups excluding carboxylic acids is 1. The van der Waals surface area contributed by atoms with E-state index in [0.717, 1.165) is 37.7 Å². The predicted molar refractivity (Wildman–Crippen MR) is 176 cm³/mol. The Labute approximate surface area is 259 Å². The molecule has 1 rings (SSSR count). The first kappa shape index (κ1) is 38.9. The zero-order valence-corrected chi connectivity index (χ0v) is 29.8. The van der Waals surface area contributed by atoms with Gasteiger partial charge in [-0.15, -0.1) is 0 Å². The van der Waals surface area contributed by atoms with Crippen molar-refractivity contribution >= 4 is 5.94 Å². The van der Waals surface area contributed by atoms with Crippen molar-refractivity contribution in [2.75, 3.05) is 7.11 Å². The van der Waals surface area contributed by atoms with Gasteiger partial charge < -0.3 is 19.7 Å². The lowest BCUT2D eigenvalue weighted by atomic mass is 9.66. The maximum absolute atomic E-state index is 12.6. The van der Waals surface area contributed by atoms with E-state index >= 15 is 0 Å². The Morgan fingerprint density at radius 1 is 1.10 bits per heavy atom. The molecule has 3 unspecified atom stereocenters. The summed E-state index contributed by atoms with van der Waals surface area (Å²) >= 11 is 0. The van der Waals surface area contributed by atoms with Gasteiger partial charge in [0.2, 0.25) is 0 Å². The van der Waals surface area contributed by atoms with Gasteiger partial charge in [-0.25, -0.2) is 4.79 Å². The predicted octanol–water partition coefficient (Wildman–Crippen LogP) is 8.65. The van der Waals surface area contributed by atoms with Gasteiger partial charge in [-0.05, 0) is 80.5 Å². The largest absolute Gasteiger partial charge is 0.482 e. The van der Waals surface area contributed by atoms with Crippen LogP contribution in [0.5, 0.6) is 0 Å². The van der Waals surface area contributed by atoms with Crippen LogP contribution in [0.1, 0.15) is 129 Å². The van der Waals surface area contributed by atoms with Crippen LogP contribution in [0.2, 0.25) is 0 Å². The maximum atomic E-state index is 12.6. The number of ether oxygens (including phenoxy) is 2. The van der Waals surface area contributed by atoms with Crippen LogP contribution in [0.3, 0.4) is 0 Å². The Morgan fingerprint density at radius 2 is 1.67 bits per heavy atom. The third-order valence-corrected chi connectivity index (χ3v) is 11.4. The van der Waals surface area contributed by atoms with Crippen LogP contribution in [0, 0.1) is 52.3 Å². The highest BCUT2D eigenvalue weighted by atomic mass is 16.5. The van der Waals surface area contributed by atoms with E-state index in [1.165, 1.54) is 0 Å². The van der Waals surface area contributed by atoms with Crippen molar-refractivity contribution in [1.82, 2.24) is 0 Å². The lowest BCUT2D eigenvalue weighted by Gasteiger charge is -2.45. The maximum Gasteiger partial charge on any atom is 0.183 e. The van der Waals surface area contributed by atoms with Crippen LogP contribution < -0.4 is 0 Å². The second kappa shape index (κ2) is 15.7. The first-order valence-corrected chi connectivity index (χ1v) is 16.8. The molecule has 0 radical (unpaired) electrons. The standard InChI is InChI=1S/C37H68O5/c1-16-32-35(11,12)34(40)28(9)27(8)25(6)20-37(14,41-15)21-26(7)30(29(10)31(22-38)42-32)18-24(5)19-36(13,17-2)33(39)23(3)4/h23-26,28-30,32-34,39-40H,8,16-21H2,1-7,9-15H3/t24-,25+,26+,28?,29?,30-,32+,33-,34?,36+,37+/m0/s1. The van der Waals surface area contributed by atoms with E-state index in [1.54, 1.807) is 7.11 Å². The van der Waals surface area contributed by atoms with Crippen LogP contribution in [-0.4, -0.2) is 47.2 Å². The monoisotopic (exact) mass is 593 g/mol. The van der Waals surface area contributed by atoms with Crippen molar-refractivity contribution in [3.63, 3.8) is 0 Å². The van der Waals surface area contributed by atoms with E-state index in [1.807, 2.05) is 20.8 Å². The Kier molecular flexibility index (Phi) is 14.6. The molecule has 0 amide bonds. The number of rotatable bonds is 9. The summed E-state index contributed by atoms with van der Waals surface area (Å²) in [5.41, 5.74) is -0.164. The number of hydrogen-bond acceptors (Lipinski definition) is 5. The van der Waals surface area contributed by atoms with Crippen molar-refractivity contribution in [2.45, 2.75) is 152 Å². The molecule has 0 aromatic rings. The van der Waals surface area contributed by atoms with Crippen molar-refractivity contribution in [1.29, 1.82) is 0 Å². The van der Waals surface area contributed by atoms with Gasteiger partial charge in [0.05, 0.1) is 17.8 Å². The zero-order chi connectivity index (χ0) is 32.8. The first-order valence-electron chi connectivity index (χ1n) is 16.8. The molecule has 11 atom stereocenters. The third kappa shape index (κ3) is 9.19. The lowest BCUT2D eigenvalue weighted by molar-refractivity contribution is -0.0902. The van der Waals surface area contributed by atoms with Crippen LogP contribution in [-0.2, 0) is 14.3 Å². The summed E-state index contributed by atoms with van der Waals surface area (Å²) < 4.78 is 12.8. The summed E-state index contributed by atoms with van der Waals surface area (Å²) in [5.74, 6) is 3.33. The highest BCUT2D eigenvalue weighted by Crippen LogP contribution is 2.46. The number of allylic oxidation sites excluding steroid dienone is 1. The third-order valence-electron chi connectivity index (χ3n) is 11.4. The molecule has 5 nitrogen and oxygen atoms in total. The normalized spacial score (nSPS) is 36.4. The molecule has 0 spiro atoms. The zero-order valence-electron chi connectivity index (χ0n) is 29.8. The molecule has 0 aromatic carbocycles. The summed E-state index contributed by atoms with van der Waals surface area (Å²) in [6.45, 7) is 32.2. The smallest absolute Gasteiger partial charge is 0.183 e. The average molecular weight is 593 g/mol. The van der Waals surface area contributed by atoms with Gasteiger partial charge in [0.15, 0.2) is 11.7 Å². The quantitative estimate of drug-likeness (QED) is 0.207. The number of aliphatic hydroxyl groups is 2. The lowest BCUT2D eigenvalue weighted by Crippen LogP contribution is -2.47. The molecule has 42 heavy (non-hydrogen) atoms. The van der Waals surface area contributed by atoms with E-state index in [9.17, 15) is 15.0 Å². The molecule has 0 aromatic heterocycles. The number of aliphatic hydroxyl groups excluding tert-OH is 2. The Hall–Kier alpha value is -1.13. The Morgan fingerprint density at radius 3 is 2.12 bits per heavy atom. The molecule has 246 valence electrons. The van der Waals surface area contributed by atoms with Gasteiger partial charge in [-0.2, -0.15) is 0 Å². The van der Waals surface area contributed by atoms with Gasteiger partial charge in [-0.3, -0.25) is 0 Å². The summed E-state index contributed by atoms with van der Waals surface area (Å²) in [7, 11) is 1.79. The van der Waals surface area contributed by atoms with Crippen molar-refractivity contribution in [3.05, 3.63) is 17.9 Å². The highest BCUT2D eigenvalue weighted by Gasteiger charge is 2.45. The van der Waals surface area contributed by atoms with Crippen molar-refractivity contribution < 1.29 is 24.5 Å². The van der Waals surface area contributed by atoms with E-state index in [-0.39, 0.29) is 53.1 Å². The van der Waals surface area contributed by atoms with E-state index < -0.39 is 17.1 Å². The molecule has 1 saturated heterocycles. The molecule has 1 fully saturated rings. The number of hydrogen-bond donors (Lipinski definition) is 2. The van der Waals surface area contributed by atoms with Gasteiger partial charge in [-0.1, -0.05) is 95.2 Å². The number of methoxy groups -OCH3 is 1. The van der Waals surface area contributed by atoms with E-state index in [0.29, 0.717) is 18.1 Å². The molecule has 0 bridgehead atoms. The fraction of sp³-hybridized carbons (Fsp3) is 0.892. The Balaban J connectivity index is 3.63. The van der Waals surface area contributed by atoms with E-state index in [4.69, 9.17) is 9.47 Å². The van der Waals surface area contributed by atoms with Crippen LogP contribution in [0.25, 0.3) is 0 Å². The average Bonchev–Trinajstić information content (AvgIpc) is 2.93. The molecule has 0 aliphatic carbocycles. The topological polar surface area (TPSA) is 76.0 Å². The summed E-state index contributed by atoms with van der Waals surface area (Å²) in [6, 6.07) is 0. The Bertz CT molecular complexity index is 904. The second-order valence-corrected chi connectivity index (χ2v) is 15.7. The van der Waals surface area contributed by atoms with Crippen LogP contribution >= 0.6 is 0 Å². The van der Waals surface area contributed by atoms with Gasteiger partial charge in [0.1, 0.15) is 6.10 Å². The first-order chi connectivity index (χ1) is 19.2. The fourth-order valence-corrected chi connectivity index (χ4v) is 8.23. The minimum atomic E-state index is -0.689. The molecule has 1 aliphatic rings. The molecular weight excluding hydrogens is 524 g/mol. The summed E-state index contributed by atoms with van der Waals surface area (Å²) in [6.07, 6.45) is 3.61. The molecular formula is C37H68O5. The molecule has 0 saturated carbocycles. The van der Waals surface area contributed by atoms with Gasteiger partial charge >= 0.3 is 0 Å². The summed E-state index contributed by atoms with van der Waals surface area (Å²) in [4.78, 5) is 12.6. The van der Waals surface area contributed by atoms with E-state index in [2.05, 4.69) is 81.8 Å². The second-order valence-electron chi connectivity index (χ2n) is 15.7. The SMILES string of the molecule is C=C1C(C)C(O)C(C)(C)[C@@H](CC)OC(=C=O)C(C)[C@@H](C[C@H](C)C[C@@](C)(CC)[C@@H](O)C(C)C)[C@H](C)C[C@](C)(OC)C[C@H]1C. The van der Waals surface area contributed by atoms with Gasteiger partial charge in [0, 0.05) is 24.4 Å². The van der Waals surface area contributed by atoms with Gasteiger partial charge in [0.25, 0.3) is 0 Å². The minimum absolute atomic E-state index is 0.141. The molecule has 1 aliphatic heterocycles. The minimum Gasteiger partial charge on any atom is -0.482 e.